The lowest BCUT2D eigenvalue weighted by Gasteiger charge is -2.34. The van der Waals surface area contributed by atoms with E-state index in [0.717, 1.165) is 22.2 Å². The van der Waals surface area contributed by atoms with Crippen LogP contribution in [0.3, 0.4) is 0 Å². The second-order valence-electron chi connectivity index (χ2n) is 8.92. The Hall–Kier alpha value is -3.57. The van der Waals surface area contributed by atoms with Gasteiger partial charge in [0.05, 0.1) is 0 Å². The Morgan fingerprint density at radius 2 is 1.94 bits per heavy atom. The molecular formula is C25H27FN4O5S. The number of rotatable bonds is 6. The first-order valence-corrected chi connectivity index (χ1v) is 12.9. The highest BCUT2D eigenvalue weighted by Gasteiger charge is 2.47. The second-order valence-corrected chi connectivity index (χ2v) is 10.7. The van der Waals surface area contributed by atoms with Gasteiger partial charge in [0.25, 0.3) is 5.91 Å². The third-order valence-corrected chi connectivity index (χ3v) is 8.18. The van der Waals surface area contributed by atoms with Gasteiger partial charge < -0.3 is 10.2 Å². The molecule has 0 aliphatic carbocycles. The maximum Gasteiger partial charge on any atom is 0.253 e. The molecule has 36 heavy (non-hydrogen) atoms. The summed E-state index contributed by atoms with van der Waals surface area (Å²) in [6.07, 6.45) is 1.98. The first-order chi connectivity index (χ1) is 17.0. The van der Waals surface area contributed by atoms with Gasteiger partial charge in [-0.25, -0.2) is 8.42 Å². The highest BCUT2D eigenvalue weighted by atomic mass is 32.2. The Morgan fingerprint density at radius 1 is 1.22 bits per heavy atom. The molecule has 2 aromatic rings. The molecule has 9 nitrogen and oxygen atoms in total. The van der Waals surface area contributed by atoms with Crippen molar-refractivity contribution in [1.82, 2.24) is 9.62 Å². The predicted octanol–water partition coefficient (Wildman–Crippen LogP) is 2.95. The van der Waals surface area contributed by atoms with E-state index in [9.17, 15) is 22.5 Å². The molecule has 1 spiro atoms. The maximum absolute atomic E-state index is 13.0. The molecular weight excluding hydrogens is 487 g/mol. The average molecular weight is 515 g/mol. The average Bonchev–Trinajstić information content (AvgIpc) is 3.18. The molecule has 11 heteroatoms. The largest absolute Gasteiger partial charge is 0.316 e. The fourth-order valence-corrected chi connectivity index (χ4v) is 5.46. The molecule has 2 aliphatic rings. The van der Waals surface area contributed by atoms with Crippen LogP contribution in [0.5, 0.6) is 5.75 Å². The third-order valence-electron chi connectivity index (χ3n) is 6.62. The number of nitrogens with zero attached hydrogens (tertiary/aromatic N) is 3. The van der Waals surface area contributed by atoms with Crippen LogP contribution in [0.2, 0.25) is 0 Å². The summed E-state index contributed by atoms with van der Waals surface area (Å²) in [7, 11) is -2.05. The van der Waals surface area contributed by atoms with Gasteiger partial charge in [-0.2, -0.15) is 4.31 Å². The number of benzene rings is 2. The number of piperidine rings is 1. The molecule has 2 heterocycles. The second kappa shape index (κ2) is 9.82. The summed E-state index contributed by atoms with van der Waals surface area (Å²) in [5.74, 6) is -0.0981. The van der Waals surface area contributed by atoms with E-state index in [1.54, 1.807) is 31.3 Å². The fraction of sp³-hybridized carbons (Fsp3) is 0.320. The van der Waals surface area contributed by atoms with E-state index >= 15 is 0 Å². The number of sulfonamides is 1. The molecule has 0 unspecified atom stereocenters. The number of nitrogens with one attached hydrogen (secondary N) is 1. The SMILES string of the molecule is CC(=O)N(C)c1ccc(/C=C/S(=O)(=O)N2CCC3(CC2)N=C(c2cccc(OF)c2)NC3=O)c(C)c1. The highest BCUT2D eigenvalue weighted by Crippen LogP contribution is 2.33. The summed E-state index contributed by atoms with van der Waals surface area (Å²) in [4.78, 5) is 34.2. The molecule has 0 aromatic heterocycles. The molecule has 1 N–H and O–H groups in total. The Balaban J connectivity index is 1.46. The molecule has 0 bridgehead atoms. The van der Waals surface area contributed by atoms with Gasteiger partial charge in [-0.15, -0.1) is 0 Å². The van der Waals surface area contributed by atoms with E-state index in [2.05, 4.69) is 15.3 Å². The van der Waals surface area contributed by atoms with Crippen LogP contribution in [-0.2, 0) is 19.6 Å². The summed E-state index contributed by atoms with van der Waals surface area (Å²) in [5.41, 5.74) is 1.71. The van der Waals surface area contributed by atoms with Crippen molar-refractivity contribution in [3.05, 3.63) is 64.6 Å². The Bertz CT molecular complexity index is 1360. The third kappa shape index (κ3) is 5.02. The van der Waals surface area contributed by atoms with Gasteiger partial charge in [-0.3, -0.25) is 19.5 Å². The van der Waals surface area contributed by atoms with Crippen molar-refractivity contribution >= 4 is 39.4 Å². The predicted molar refractivity (Wildman–Crippen MR) is 135 cm³/mol. The van der Waals surface area contributed by atoms with Crippen LogP contribution in [0.4, 0.5) is 10.2 Å². The van der Waals surface area contributed by atoms with Gasteiger partial charge in [0.2, 0.25) is 15.9 Å². The number of carbonyl (C=O) groups is 2. The monoisotopic (exact) mass is 514 g/mol. The fourth-order valence-electron chi connectivity index (χ4n) is 4.28. The van der Waals surface area contributed by atoms with Crippen molar-refractivity contribution in [2.45, 2.75) is 32.2 Å². The van der Waals surface area contributed by atoms with Crippen LogP contribution in [0, 0.1) is 6.92 Å². The Labute approximate surface area is 209 Å². The number of hydrogen-bond donors (Lipinski definition) is 1. The molecule has 4 rings (SSSR count). The zero-order valence-corrected chi connectivity index (χ0v) is 21.0. The number of amidine groups is 1. The zero-order valence-electron chi connectivity index (χ0n) is 20.2. The molecule has 2 amide bonds. The standard InChI is InChI=1S/C25H27FN4O5S/c1-17-15-21(29(3)18(2)31)8-7-19(17)9-14-36(33,34)30-12-10-25(11-13-30)24(32)27-23(28-25)20-5-4-6-22(16-20)35-26/h4-9,14-16H,10-13H2,1-3H3,(H,27,28,32)/b14-9+. The van der Waals surface area contributed by atoms with Crippen molar-refractivity contribution in [2.75, 3.05) is 25.0 Å². The van der Waals surface area contributed by atoms with Gasteiger partial charge in [-0.05, 0) is 61.2 Å². The van der Waals surface area contributed by atoms with Crippen LogP contribution in [0.25, 0.3) is 6.08 Å². The topological polar surface area (TPSA) is 108 Å². The molecule has 190 valence electrons. The lowest BCUT2D eigenvalue weighted by atomic mass is 9.89. The lowest BCUT2D eigenvalue weighted by Crippen LogP contribution is -2.50. The van der Waals surface area contributed by atoms with Crippen LogP contribution in [-0.4, -0.2) is 56.0 Å². The summed E-state index contributed by atoms with van der Waals surface area (Å²) in [6.45, 7) is 3.58. The summed E-state index contributed by atoms with van der Waals surface area (Å²) in [5, 5.41) is 3.89. The molecule has 1 saturated heterocycles. The first-order valence-electron chi connectivity index (χ1n) is 11.4. The van der Waals surface area contributed by atoms with E-state index in [0.29, 0.717) is 11.4 Å². The number of aryl methyl sites for hydroxylation is 1. The zero-order chi connectivity index (χ0) is 26.1. The number of aliphatic imine (C=N–C) groups is 1. The van der Waals surface area contributed by atoms with E-state index in [-0.39, 0.29) is 43.5 Å². The molecule has 1 fully saturated rings. The van der Waals surface area contributed by atoms with Gasteiger partial charge in [0.15, 0.2) is 5.75 Å². The Morgan fingerprint density at radius 3 is 2.58 bits per heavy atom. The van der Waals surface area contributed by atoms with Gasteiger partial charge >= 0.3 is 0 Å². The summed E-state index contributed by atoms with van der Waals surface area (Å²) in [6, 6.07) is 11.5. The van der Waals surface area contributed by atoms with Crippen LogP contribution in [0.1, 0.15) is 36.5 Å². The molecule has 2 aliphatic heterocycles. The quantitative estimate of drug-likeness (QED) is 0.638. The highest BCUT2D eigenvalue weighted by molar-refractivity contribution is 7.92. The summed E-state index contributed by atoms with van der Waals surface area (Å²) >= 11 is 0. The lowest BCUT2D eigenvalue weighted by molar-refractivity contribution is -0.125. The van der Waals surface area contributed by atoms with Gasteiger partial charge in [0, 0.05) is 48.2 Å². The first kappa shape index (κ1) is 25.5. The Kier molecular flexibility index (Phi) is 6.96. The van der Waals surface area contributed by atoms with Crippen molar-refractivity contribution in [3.8, 4) is 5.75 Å². The van der Waals surface area contributed by atoms with E-state index in [4.69, 9.17) is 0 Å². The number of carbonyl (C=O) groups excluding carboxylic acids is 2. The maximum atomic E-state index is 13.0. The number of anilines is 1. The van der Waals surface area contributed by atoms with E-state index in [1.165, 1.54) is 34.3 Å². The number of hydrogen-bond acceptors (Lipinski definition) is 6. The minimum Gasteiger partial charge on any atom is -0.316 e. The molecule has 0 radical (unpaired) electrons. The minimum atomic E-state index is -3.73. The van der Waals surface area contributed by atoms with E-state index < -0.39 is 15.6 Å². The van der Waals surface area contributed by atoms with Gasteiger partial charge in [-0.1, -0.05) is 18.2 Å². The number of halogens is 1. The number of amides is 2. The van der Waals surface area contributed by atoms with Crippen LogP contribution in [0.15, 0.2) is 52.9 Å². The summed E-state index contributed by atoms with van der Waals surface area (Å²) < 4.78 is 39.8. The van der Waals surface area contributed by atoms with Crippen molar-refractivity contribution < 1.29 is 27.5 Å². The normalized spacial score (nSPS) is 17.8. The molecule has 0 atom stereocenters. The smallest absolute Gasteiger partial charge is 0.253 e. The van der Waals surface area contributed by atoms with Crippen molar-refractivity contribution in [1.29, 1.82) is 0 Å². The van der Waals surface area contributed by atoms with Crippen LogP contribution < -0.4 is 15.2 Å². The molecule has 2 aromatic carbocycles. The van der Waals surface area contributed by atoms with Crippen molar-refractivity contribution in [2.24, 2.45) is 4.99 Å². The molecule has 0 saturated carbocycles. The van der Waals surface area contributed by atoms with Gasteiger partial charge in [0.1, 0.15) is 11.4 Å². The minimum absolute atomic E-state index is 0.00570. The van der Waals surface area contributed by atoms with Crippen molar-refractivity contribution in [3.63, 3.8) is 0 Å². The van der Waals surface area contributed by atoms with Crippen LogP contribution >= 0.6 is 0 Å². The van der Waals surface area contributed by atoms with E-state index in [1.807, 2.05) is 13.0 Å².